The van der Waals surface area contributed by atoms with Crippen LogP contribution in [0.3, 0.4) is 0 Å². The van der Waals surface area contributed by atoms with E-state index in [1.165, 1.54) is 0 Å². The Kier molecular flexibility index (Phi) is 7.92. The Bertz CT molecular complexity index is 689. The predicted octanol–water partition coefficient (Wildman–Crippen LogP) is 2.90. The van der Waals surface area contributed by atoms with Crippen LogP contribution in [0.25, 0.3) is 0 Å². The van der Waals surface area contributed by atoms with Gasteiger partial charge in [-0.2, -0.15) is 0 Å². The van der Waals surface area contributed by atoms with E-state index in [0.717, 1.165) is 41.1 Å². The van der Waals surface area contributed by atoms with E-state index in [1.807, 2.05) is 20.8 Å². The molecule has 3 N–H and O–H groups in total. The summed E-state index contributed by atoms with van der Waals surface area (Å²) in [7, 11) is 1.70. The lowest BCUT2D eigenvalue weighted by molar-refractivity contribution is 0.0309. The number of aliphatic hydroxyl groups excluding tert-OH is 1. The molecule has 0 aromatic heterocycles. The molecule has 1 aliphatic heterocycles. The highest BCUT2D eigenvalue weighted by Gasteiger charge is 2.29. The van der Waals surface area contributed by atoms with Crippen molar-refractivity contribution < 1.29 is 19.3 Å². The number of methoxy groups -OCH3 is 1. The summed E-state index contributed by atoms with van der Waals surface area (Å²) in [6.07, 6.45) is 5.80. The lowest BCUT2D eigenvalue weighted by atomic mass is 9.96. The van der Waals surface area contributed by atoms with Gasteiger partial charge in [0.2, 0.25) is 0 Å². The van der Waals surface area contributed by atoms with Crippen molar-refractivity contribution in [3.63, 3.8) is 0 Å². The summed E-state index contributed by atoms with van der Waals surface area (Å²) in [5.41, 5.74) is 3.74. The van der Waals surface area contributed by atoms with Gasteiger partial charge < -0.3 is 30.0 Å². The van der Waals surface area contributed by atoms with Crippen LogP contribution >= 0.6 is 0 Å². The Labute approximate surface area is 168 Å². The Morgan fingerprint density at radius 2 is 2.14 bits per heavy atom. The summed E-state index contributed by atoms with van der Waals surface area (Å²) in [5.74, 6) is 0.775. The third-order valence-electron chi connectivity index (χ3n) is 4.71. The summed E-state index contributed by atoms with van der Waals surface area (Å²) in [5, 5.41) is 16.2. The lowest BCUT2D eigenvalue weighted by Crippen LogP contribution is -2.43. The molecule has 0 saturated carbocycles. The second-order valence-corrected chi connectivity index (χ2v) is 7.55. The van der Waals surface area contributed by atoms with Crippen LogP contribution in [0.1, 0.15) is 33.6 Å². The normalized spacial score (nSPS) is 19.9. The van der Waals surface area contributed by atoms with Crippen molar-refractivity contribution >= 4 is 0 Å². The van der Waals surface area contributed by atoms with Crippen molar-refractivity contribution in [3.05, 3.63) is 59.3 Å². The van der Waals surface area contributed by atoms with Gasteiger partial charge in [-0.05, 0) is 45.3 Å². The molecule has 1 heterocycles. The molecule has 0 amide bonds. The average molecular weight is 391 g/mol. The van der Waals surface area contributed by atoms with Crippen LogP contribution in [0.15, 0.2) is 59.3 Å². The number of hydrogen-bond acceptors (Lipinski definition) is 6. The fraction of sp³-hybridized carbons (Fsp3) is 0.545. The maximum atomic E-state index is 9.52. The number of rotatable bonds is 10. The number of ether oxygens (including phenoxy) is 3. The first-order chi connectivity index (χ1) is 13.3. The molecule has 1 atom stereocenters. The van der Waals surface area contributed by atoms with Gasteiger partial charge in [0.05, 0.1) is 24.4 Å². The summed E-state index contributed by atoms with van der Waals surface area (Å²) >= 11 is 0. The first kappa shape index (κ1) is 22.3. The second kappa shape index (κ2) is 9.96. The second-order valence-electron chi connectivity index (χ2n) is 7.55. The molecule has 1 aliphatic carbocycles. The topological polar surface area (TPSA) is 72.0 Å². The Hall–Kier alpha value is -2.02. The van der Waals surface area contributed by atoms with Gasteiger partial charge in [0.25, 0.3) is 0 Å². The summed E-state index contributed by atoms with van der Waals surface area (Å²) in [6.45, 7) is 15.8. The predicted molar refractivity (Wildman–Crippen MR) is 111 cm³/mol. The SMILES string of the molecule is C=C1NC2=C(OCCOCC)C(OC)CCC=C2C=C1C(=C)NC(C)(C)CO. The molecular weight excluding hydrogens is 356 g/mol. The monoisotopic (exact) mass is 390 g/mol. The van der Waals surface area contributed by atoms with Crippen LogP contribution < -0.4 is 10.6 Å². The minimum Gasteiger partial charge on any atom is -0.491 e. The van der Waals surface area contributed by atoms with Gasteiger partial charge >= 0.3 is 0 Å². The number of fused-ring (bicyclic) bond motifs is 1. The van der Waals surface area contributed by atoms with E-state index in [1.54, 1.807) is 7.11 Å². The van der Waals surface area contributed by atoms with Crippen molar-refractivity contribution in [2.24, 2.45) is 0 Å². The van der Waals surface area contributed by atoms with Gasteiger partial charge in [0.15, 0.2) is 0 Å². The molecule has 0 fully saturated rings. The van der Waals surface area contributed by atoms with Crippen molar-refractivity contribution in [2.45, 2.75) is 45.3 Å². The minimum atomic E-state index is -0.471. The van der Waals surface area contributed by atoms with E-state index in [0.29, 0.717) is 25.5 Å². The van der Waals surface area contributed by atoms with Crippen LogP contribution in [-0.2, 0) is 14.2 Å². The first-order valence-electron chi connectivity index (χ1n) is 9.77. The first-order valence-corrected chi connectivity index (χ1v) is 9.77. The van der Waals surface area contributed by atoms with E-state index >= 15 is 0 Å². The van der Waals surface area contributed by atoms with E-state index < -0.39 is 5.54 Å². The zero-order valence-corrected chi connectivity index (χ0v) is 17.6. The zero-order chi connectivity index (χ0) is 20.7. The molecule has 0 radical (unpaired) electrons. The number of aliphatic hydroxyl groups is 1. The molecule has 2 rings (SSSR count). The number of nitrogens with one attached hydrogen (secondary N) is 2. The lowest BCUT2D eigenvalue weighted by Gasteiger charge is -2.31. The van der Waals surface area contributed by atoms with Gasteiger partial charge in [-0.15, -0.1) is 0 Å². The third kappa shape index (κ3) is 5.50. The summed E-state index contributed by atoms with van der Waals surface area (Å²) in [6, 6.07) is 0. The molecule has 0 aromatic carbocycles. The zero-order valence-electron chi connectivity index (χ0n) is 17.6. The molecule has 0 saturated heterocycles. The molecule has 156 valence electrons. The maximum Gasteiger partial charge on any atom is 0.149 e. The third-order valence-corrected chi connectivity index (χ3v) is 4.71. The fourth-order valence-corrected chi connectivity index (χ4v) is 3.18. The molecule has 0 bridgehead atoms. The van der Waals surface area contributed by atoms with Gasteiger partial charge in [0.1, 0.15) is 18.5 Å². The molecule has 1 unspecified atom stereocenters. The van der Waals surface area contributed by atoms with Crippen LogP contribution in [0.4, 0.5) is 0 Å². The number of allylic oxidation sites excluding steroid dienone is 2. The van der Waals surface area contributed by atoms with Crippen molar-refractivity contribution in [1.82, 2.24) is 10.6 Å². The van der Waals surface area contributed by atoms with Crippen LogP contribution in [-0.4, -0.2) is 50.3 Å². The highest BCUT2D eigenvalue weighted by Crippen LogP contribution is 2.33. The van der Waals surface area contributed by atoms with E-state index in [2.05, 4.69) is 35.9 Å². The Morgan fingerprint density at radius 1 is 1.39 bits per heavy atom. The number of hydrogen-bond donors (Lipinski definition) is 3. The molecule has 0 aromatic rings. The largest absolute Gasteiger partial charge is 0.491 e. The van der Waals surface area contributed by atoms with Gasteiger partial charge in [-0.3, -0.25) is 0 Å². The molecule has 0 spiro atoms. The highest BCUT2D eigenvalue weighted by atomic mass is 16.5. The van der Waals surface area contributed by atoms with Crippen LogP contribution in [0.5, 0.6) is 0 Å². The molecule has 2 aliphatic rings. The molecular formula is C22H34N2O4. The quantitative estimate of drug-likeness (QED) is 0.498. The smallest absolute Gasteiger partial charge is 0.149 e. The van der Waals surface area contributed by atoms with Crippen molar-refractivity contribution in [3.8, 4) is 0 Å². The van der Waals surface area contributed by atoms with E-state index in [4.69, 9.17) is 14.2 Å². The summed E-state index contributed by atoms with van der Waals surface area (Å²) < 4.78 is 17.1. The average Bonchev–Trinajstić information content (AvgIpc) is 2.83. The minimum absolute atomic E-state index is 0.000389. The van der Waals surface area contributed by atoms with Crippen molar-refractivity contribution in [2.75, 3.05) is 33.5 Å². The molecule has 6 heteroatoms. The van der Waals surface area contributed by atoms with Crippen LogP contribution in [0.2, 0.25) is 0 Å². The van der Waals surface area contributed by atoms with Gasteiger partial charge in [-0.1, -0.05) is 19.2 Å². The van der Waals surface area contributed by atoms with Crippen LogP contribution in [0, 0.1) is 0 Å². The summed E-state index contributed by atoms with van der Waals surface area (Å²) in [4.78, 5) is 0. The fourth-order valence-electron chi connectivity index (χ4n) is 3.18. The Balaban J connectivity index is 2.31. The highest BCUT2D eigenvalue weighted by molar-refractivity contribution is 5.58. The standard InChI is InChI=1S/C22H34N2O4/c1-7-27-11-12-28-21-19(26-6)10-8-9-17-13-18(15(2)23-20(17)21)16(3)24-22(4,5)14-25/h9,13,19,23-25H,2-3,7-8,10-12,14H2,1,4-6H3. The van der Waals surface area contributed by atoms with Gasteiger partial charge in [0, 0.05) is 30.7 Å². The van der Waals surface area contributed by atoms with E-state index in [-0.39, 0.29) is 12.7 Å². The Morgan fingerprint density at radius 3 is 2.79 bits per heavy atom. The maximum absolute atomic E-state index is 9.52. The molecule has 6 nitrogen and oxygen atoms in total. The molecule has 28 heavy (non-hydrogen) atoms. The van der Waals surface area contributed by atoms with E-state index in [9.17, 15) is 5.11 Å². The van der Waals surface area contributed by atoms with Gasteiger partial charge in [-0.25, -0.2) is 0 Å². The van der Waals surface area contributed by atoms with Crippen molar-refractivity contribution in [1.29, 1.82) is 0 Å².